The number of halogens is 1. The first-order chi connectivity index (χ1) is 8.49. The maximum Gasteiger partial charge on any atom is 0.264 e. The highest BCUT2D eigenvalue weighted by molar-refractivity contribution is 7.92. The molecule has 0 bridgehead atoms. The second-order valence-corrected chi connectivity index (χ2v) is 5.38. The van der Waals surface area contributed by atoms with Crippen LogP contribution in [0.3, 0.4) is 0 Å². The fraction of sp³-hybridized carbons (Fsp3) is 0.0833. The van der Waals surface area contributed by atoms with Crippen LogP contribution in [0, 0.1) is 12.7 Å². The van der Waals surface area contributed by atoms with Crippen LogP contribution >= 0.6 is 0 Å². The average Bonchev–Trinajstić information content (AvgIpc) is 2.32. The molecule has 0 spiro atoms. The van der Waals surface area contributed by atoms with Crippen molar-refractivity contribution in [3.8, 4) is 0 Å². The molecule has 6 heteroatoms. The van der Waals surface area contributed by atoms with E-state index in [9.17, 15) is 12.8 Å². The fourth-order valence-electron chi connectivity index (χ4n) is 1.40. The zero-order valence-corrected chi connectivity index (χ0v) is 10.4. The van der Waals surface area contributed by atoms with E-state index in [1.807, 2.05) is 0 Å². The number of benzene rings is 1. The van der Waals surface area contributed by atoms with E-state index >= 15 is 0 Å². The molecule has 0 amide bonds. The molecule has 1 aromatic carbocycles. The zero-order valence-electron chi connectivity index (χ0n) is 9.59. The minimum Gasteiger partial charge on any atom is -0.278 e. The Morgan fingerprint density at radius 3 is 2.50 bits per heavy atom. The van der Waals surface area contributed by atoms with Gasteiger partial charge in [0, 0.05) is 5.69 Å². The van der Waals surface area contributed by atoms with Gasteiger partial charge < -0.3 is 0 Å². The maximum absolute atomic E-state index is 13.4. The van der Waals surface area contributed by atoms with Crippen molar-refractivity contribution in [3.05, 3.63) is 54.1 Å². The van der Waals surface area contributed by atoms with Gasteiger partial charge in [-0.25, -0.2) is 12.8 Å². The summed E-state index contributed by atoms with van der Waals surface area (Å²) in [5.41, 5.74) is 1.06. The van der Waals surface area contributed by atoms with Crippen molar-refractivity contribution in [2.24, 2.45) is 0 Å². The minimum atomic E-state index is -3.92. The highest BCUT2D eigenvalue weighted by Crippen LogP contribution is 2.17. The van der Waals surface area contributed by atoms with Gasteiger partial charge in [-0.2, -0.15) is 0 Å². The molecule has 0 atom stereocenters. The van der Waals surface area contributed by atoms with Crippen LogP contribution in [0.15, 0.2) is 47.5 Å². The third-order valence-electron chi connectivity index (χ3n) is 2.29. The Labute approximate surface area is 105 Å². The smallest absolute Gasteiger partial charge is 0.264 e. The van der Waals surface area contributed by atoms with Gasteiger partial charge in [-0.05, 0) is 31.2 Å². The van der Waals surface area contributed by atoms with Crippen molar-refractivity contribution in [2.75, 3.05) is 4.72 Å². The lowest BCUT2D eigenvalue weighted by molar-refractivity contribution is 0.570. The third kappa shape index (κ3) is 2.65. The van der Waals surface area contributed by atoms with E-state index in [0.29, 0.717) is 5.69 Å². The molecule has 94 valence electrons. The highest BCUT2D eigenvalue weighted by atomic mass is 32.2. The third-order valence-corrected chi connectivity index (χ3v) is 3.70. The Bertz CT molecular complexity index is 654. The molecule has 2 aromatic rings. The monoisotopic (exact) mass is 266 g/mol. The number of rotatable bonds is 3. The largest absolute Gasteiger partial charge is 0.278 e. The van der Waals surface area contributed by atoms with E-state index in [-0.39, 0.29) is 4.90 Å². The Morgan fingerprint density at radius 2 is 1.89 bits per heavy atom. The highest BCUT2D eigenvalue weighted by Gasteiger charge is 2.18. The summed E-state index contributed by atoms with van der Waals surface area (Å²) in [6, 6.07) is 8.44. The molecule has 0 saturated heterocycles. The van der Waals surface area contributed by atoms with Crippen LogP contribution in [-0.2, 0) is 10.0 Å². The summed E-state index contributed by atoms with van der Waals surface area (Å²) in [6.45, 7) is 1.79. The van der Waals surface area contributed by atoms with Crippen molar-refractivity contribution in [1.29, 1.82) is 0 Å². The van der Waals surface area contributed by atoms with Crippen molar-refractivity contribution in [3.63, 3.8) is 0 Å². The summed E-state index contributed by atoms with van der Waals surface area (Å²) in [5.74, 6) is -0.787. The molecule has 1 N–H and O–H groups in total. The number of hydrogen-bond donors (Lipinski definition) is 1. The molecule has 0 fully saturated rings. The molecular formula is C12H11FN2O2S. The van der Waals surface area contributed by atoms with Crippen LogP contribution in [-0.4, -0.2) is 13.4 Å². The van der Waals surface area contributed by atoms with Crippen LogP contribution < -0.4 is 4.72 Å². The molecule has 0 saturated carbocycles. The van der Waals surface area contributed by atoms with Crippen molar-refractivity contribution in [2.45, 2.75) is 11.8 Å². The van der Waals surface area contributed by atoms with Gasteiger partial charge >= 0.3 is 0 Å². The van der Waals surface area contributed by atoms with Gasteiger partial charge in [0.2, 0.25) is 0 Å². The van der Waals surface area contributed by atoms with Crippen LogP contribution in [0.25, 0.3) is 0 Å². The molecule has 18 heavy (non-hydrogen) atoms. The molecule has 4 nitrogen and oxygen atoms in total. The topological polar surface area (TPSA) is 59.1 Å². The number of anilines is 1. The lowest BCUT2D eigenvalue weighted by Gasteiger charge is -2.08. The number of nitrogens with one attached hydrogen (secondary N) is 1. The van der Waals surface area contributed by atoms with Gasteiger partial charge in [0.1, 0.15) is 10.7 Å². The fourth-order valence-corrected chi connectivity index (χ4v) is 2.52. The van der Waals surface area contributed by atoms with E-state index in [1.165, 1.54) is 24.4 Å². The summed E-state index contributed by atoms with van der Waals surface area (Å²) in [5, 5.41) is 0. The Morgan fingerprint density at radius 1 is 1.17 bits per heavy atom. The predicted molar refractivity (Wildman–Crippen MR) is 66.2 cm³/mol. The summed E-state index contributed by atoms with van der Waals surface area (Å²) in [4.78, 5) is 3.57. The summed E-state index contributed by atoms with van der Waals surface area (Å²) >= 11 is 0. The predicted octanol–water partition coefficient (Wildman–Crippen LogP) is 2.33. The number of aryl methyl sites for hydroxylation is 1. The van der Waals surface area contributed by atoms with E-state index in [4.69, 9.17) is 0 Å². The second kappa shape index (κ2) is 4.73. The molecule has 0 aliphatic heterocycles. The molecule has 1 heterocycles. The molecule has 0 unspecified atom stereocenters. The number of sulfonamides is 1. The first-order valence-electron chi connectivity index (χ1n) is 5.19. The second-order valence-electron chi connectivity index (χ2n) is 3.72. The van der Waals surface area contributed by atoms with Crippen molar-refractivity contribution >= 4 is 15.7 Å². The SMILES string of the molecule is Cc1ccc(NS(=O)(=O)c2ccccc2F)cn1. The lowest BCUT2D eigenvalue weighted by atomic mass is 10.3. The summed E-state index contributed by atoms with van der Waals surface area (Å²) < 4.78 is 39.5. The minimum absolute atomic E-state index is 0.295. The van der Waals surface area contributed by atoms with Crippen molar-refractivity contribution in [1.82, 2.24) is 4.98 Å². The van der Waals surface area contributed by atoms with Gasteiger partial charge in [0.25, 0.3) is 10.0 Å². The number of nitrogens with zero attached hydrogens (tertiary/aromatic N) is 1. The Balaban J connectivity index is 2.33. The summed E-state index contributed by atoms with van der Waals surface area (Å²) in [6.07, 6.45) is 1.38. The lowest BCUT2D eigenvalue weighted by Crippen LogP contribution is -2.14. The molecule has 2 rings (SSSR count). The first kappa shape index (κ1) is 12.5. The average molecular weight is 266 g/mol. The van der Waals surface area contributed by atoms with Crippen molar-refractivity contribution < 1.29 is 12.8 Å². The van der Waals surface area contributed by atoms with E-state index in [0.717, 1.165) is 11.8 Å². The Hall–Kier alpha value is -1.95. The van der Waals surface area contributed by atoms with E-state index < -0.39 is 15.8 Å². The maximum atomic E-state index is 13.4. The molecule has 0 aliphatic carbocycles. The van der Waals surface area contributed by atoms with Gasteiger partial charge in [0.15, 0.2) is 0 Å². The number of hydrogen-bond acceptors (Lipinski definition) is 3. The van der Waals surface area contributed by atoms with Crippen LogP contribution in [0.4, 0.5) is 10.1 Å². The van der Waals surface area contributed by atoms with E-state index in [1.54, 1.807) is 19.1 Å². The van der Waals surface area contributed by atoms with Gasteiger partial charge in [-0.3, -0.25) is 9.71 Å². The van der Waals surface area contributed by atoms with Crippen LogP contribution in [0.2, 0.25) is 0 Å². The first-order valence-corrected chi connectivity index (χ1v) is 6.67. The van der Waals surface area contributed by atoms with Gasteiger partial charge in [0.05, 0.1) is 11.9 Å². The van der Waals surface area contributed by atoms with Crippen LogP contribution in [0.1, 0.15) is 5.69 Å². The number of aromatic nitrogens is 1. The molecule has 1 aromatic heterocycles. The summed E-state index contributed by atoms with van der Waals surface area (Å²) in [7, 11) is -3.92. The quantitative estimate of drug-likeness (QED) is 0.927. The number of pyridine rings is 1. The van der Waals surface area contributed by atoms with Gasteiger partial charge in [-0.1, -0.05) is 12.1 Å². The molecule has 0 aliphatic rings. The van der Waals surface area contributed by atoms with E-state index in [2.05, 4.69) is 9.71 Å². The zero-order chi connectivity index (χ0) is 13.2. The standard InChI is InChI=1S/C12H11FN2O2S/c1-9-6-7-10(8-14-9)15-18(16,17)12-5-3-2-4-11(12)13/h2-8,15H,1H3. The van der Waals surface area contributed by atoms with Gasteiger partial charge in [-0.15, -0.1) is 0 Å². The van der Waals surface area contributed by atoms with Crippen LogP contribution in [0.5, 0.6) is 0 Å². The normalized spacial score (nSPS) is 11.2. The Kier molecular flexibility index (Phi) is 3.29. The molecular weight excluding hydrogens is 255 g/mol. The molecule has 0 radical (unpaired) electrons.